The third-order valence-electron chi connectivity index (χ3n) is 3.60. The molecule has 1 aliphatic heterocycles. The number of nitrogens with two attached hydrogens (primary N) is 1. The first-order chi connectivity index (χ1) is 10.3. The van der Waals surface area contributed by atoms with E-state index in [9.17, 15) is 0 Å². The van der Waals surface area contributed by atoms with Gasteiger partial charge in [0.25, 0.3) is 0 Å². The van der Waals surface area contributed by atoms with Gasteiger partial charge >= 0.3 is 0 Å². The van der Waals surface area contributed by atoms with Crippen LogP contribution in [-0.4, -0.2) is 42.3 Å². The topological polar surface area (TPSA) is 64.3 Å². The average molecular weight is 284 g/mol. The number of anilines is 1. The van der Waals surface area contributed by atoms with Crippen molar-refractivity contribution in [1.82, 2.24) is 9.97 Å². The van der Waals surface area contributed by atoms with Crippen LogP contribution in [0.5, 0.6) is 0 Å². The van der Waals surface area contributed by atoms with E-state index in [1.165, 1.54) is 0 Å². The van der Waals surface area contributed by atoms with Gasteiger partial charge in [-0.2, -0.15) is 0 Å². The van der Waals surface area contributed by atoms with Gasteiger partial charge in [-0.1, -0.05) is 30.3 Å². The lowest BCUT2D eigenvalue weighted by atomic mass is 10.2. The molecule has 2 N–H and O–H groups in total. The molecule has 2 aromatic rings. The van der Waals surface area contributed by atoms with Gasteiger partial charge in [0, 0.05) is 37.0 Å². The zero-order chi connectivity index (χ0) is 14.7. The highest BCUT2D eigenvalue weighted by atomic mass is 16.5. The predicted octanol–water partition coefficient (Wildman–Crippen LogP) is 1.62. The lowest BCUT2D eigenvalue weighted by Crippen LogP contribution is -2.46. The molecule has 1 saturated heterocycles. The lowest BCUT2D eigenvalue weighted by Gasteiger charge is -2.33. The second kappa shape index (κ2) is 6.20. The van der Waals surface area contributed by atoms with Crippen LogP contribution < -0.4 is 10.6 Å². The molecule has 1 aromatic carbocycles. The van der Waals surface area contributed by atoms with Crippen LogP contribution in [0.25, 0.3) is 11.4 Å². The third kappa shape index (κ3) is 3.20. The van der Waals surface area contributed by atoms with Crippen molar-refractivity contribution >= 4 is 5.82 Å². The highest BCUT2D eigenvalue weighted by Crippen LogP contribution is 2.21. The molecular formula is C16H20N4O. The average Bonchev–Trinajstić information content (AvgIpc) is 2.55. The maximum Gasteiger partial charge on any atom is 0.161 e. The normalized spacial score (nSPS) is 18.8. The van der Waals surface area contributed by atoms with E-state index in [0.29, 0.717) is 13.2 Å². The number of hydrogen-bond acceptors (Lipinski definition) is 5. The van der Waals surface area contributed by atoms with Crippen LogP contribution in [0.3, 0.4) is 0 Å². The fraction of sp³-hybridized carbons (Fsp3) is 0.375. The number of aromatic nitrogens is 2. The number of hydrogen-bond donors (Lipinski definition) is 1. The molecule has 5 heteroatoms. The van der Waals surface area contributed by atoms with E-state index in [-0.39, 0.29) is 6.10 Å². The Morgan fingerprint density at radius 3 is 2.86 bits per heavy atom. The molecule has 0 saturated carbocycles. The largest absolute Gasteiger partial charge is 0.373 e. The number of rotatable bonds is 3. The first kappa shape index (κ1) is 14.0. The summed E-state index contributed by atoms with van der Waals surface area (Å²) in [6.45, 7) is 4.83. The summed E-state index contributed by atoms with van der Waals surface area (Å²) < 4.78 is 5.61. The van der Waals surface area contributed by atoms with Crippen molar-refractivity contribution in [3.8, 4) is 11.4 Å². The Kier molecular flexibility index (Phi) is 4.13. The van der Waals surface area contributed by atoms with Crippen LogP contribution in [0.2, 0.25) is 0 Å². The molecule has 21 heavy (non-hydrogen) atoms. The highest BCUT2D eigenvalue weighted by molar-refractivity contribution is 5.57. The Morgan fingerprint density at radius 2 is 2.10 bits per heavy atom. The molecule has 0 aliphatic carbocycles. The van der Waals surface area contributed by atoms with Crippen molar-refractivity contribution in [3.05, 3.63) is 42.1 Å². The molecular weight excluding hydrogens is 264 g/mol. The van der Waals surface area contributed by atoms with Crippen LogP contribution in [0, 0.1) is 6.92 Å². The zero-order valence-electron chi connectivity index (χ0n) is 12.2. The van der Waals surface area contributed by atoms with Gasteiger partial charge in [0.15, 0.2) is 5.82 Å². The standard InChI is InChI=1S/C16H20N4O/c1-12-9-15(20-7-8-21-14(10-17)11-20)19-16(18-12)13-5-3-2-4-6-13/h2-6,9,14H,7-8,10-11,17H2,1H3/t14-/m1/s1. The van der Waals surface area contributed by atoms with Crippen LogP contribution in [0.1, 0.15) is 5.69 Å². The van der Waals surface area contributed by atoms with Crippen molar-refractivity contribution in [2.45, 2.75) is 13.0 Å². The van der Waals surface area contributed by atoms with E-state index in [1.54, 1.807) is 0 Å². The van der Waals surface area contributed by atoms with E-state index >= 15 is 0 Å². The molecule has 0 spiro atoms. The minimum absolute atomic E-state index is 0.0780. The van der Waals surface area contributed by atoms with E-state index in [1.807, 2.05) is 43.3 Å². The van der Waals surface area contributed by atoms with Crippen molar-refractivity contribution in [3.63, 3.8) is 0 Å². The van der Waals surface area contributed by atoms with Crippen LogP contribution >= 0.6 is 0 Å². The van der Waals surface area contributed by atoms with Gasteiger partial charge in [0.2, 0.25) is 0 Å². The molecule has 1 fully saturated rings. The zero-order valence-corrected chi connectivity index (χ0v) is 12.2. The Morgan fingerprint density at radius 1 is 1.29 bits per heavy atom. The Bertz CT molecular complexity index is 602. The quantitative estimate of drug-likeness (QED) is 0.928. The van der Waals surface area contributed by atoms with Crippen LogP contribution in [0.15, 0.2) is 36.4 Å². The summed E-state index contributed by atoms with van der Waals surface area (Å²) in [4.78, 5) is 11.5. The van der Waals surface area contributed by atoms with E-state index in [2.05, 4.69) is 9.88 Å². The monoisotopic (exact) mass is 284 g/mol. The molecule has 1 aromatic heterocycles. The van der Waals surface area contributed by atoms with Gasteiger partial charge in [-0.25, -0.2) is 9.97 Å². The highest BCUT2D eigenvalue weighted by Gasteiger charge is 2.21. The van der Waals surface area contributed by atoms with E-state index < -0.39 is 0 Å². The second-order valence-electron chi connectivity index (χ2n) is 5.23. The first-order valence-electron chi connectivity index (χ1n) is 7.24. The molecule has 110 valence electrons. The van der Waals surface area contributed by atoms with E-state index in [4.69, 9.17) is 15.5 Å². The van der Waals surface area contributed by atoms with Gasteiger partial charge < -0.3 is 15.4 Å². The predicted molar refractivity (Wildman–Crippen MR) is 83.2 cm³/mol. The van der Waals surface area contributed by atoms with Gasteiger partial charge in [0.05, 0.1) is 12.7 Å². The number of benzene rings is 1. The first-order valence-corrected chi connectivity index (χ1v) is 7.24. The Hall–Kier alpha value is -1.98. The minimum atomic E-state index is 0.0780. The summed E-state index contributed by atoms with van der Waals surface area (Å²) in [7, 11) is 0. The summed E-state index contributed by atoms with van der Waals surface area (Å²) >= 11 is 0. The minimum Gasteiger partial charge on any atom is -0.373 e. The Balaban J connectivity index is 1.91. The van der Waals surface area contributed by atoms with Gasteiger partial charge in [-0.05, 0) is 6.92 Å². The molecule has 3 rings (SSSR count). The van der Waals surface area contributed by atoms with Crippen LogP contribution in [-0.2, 0) is 4.74 Å². The van der Waals surface area contributed by atoms with Crippen molar-refractivity contribution < 1.29 is 4.74 Å². The van der Waals surface area contributed by atoms with Gasteiger partial charge in [-0.3, -0.25) is 0 Å². The SMILES string of the molecule is Cc1cc(N2CCO[C@H](CN)C2)nc(-c2ccccc2)n1. The van der Waals surface area contributed by atoms with Crippen molar-refractivity contribution in [2.75, 3.05) is 31.1 Å². The molecule has 5 nitrogen and oxygen atoms in total. The van der Waals surface area contributed by atoms with Gasteiger partial charge in [0.1, 0.15) is 5.82 Å². The Labute approximate surface area is 124 Å². The molecule has 0 radical (unpaired) electrons. The molecule has 1 atom stereocenters. The van der Waals surface area contributed by atoms with Crippen molar-refractivity contribution in [1.29, 1.82) is 0 Å². The third-order valence-corrected chi connectivity index (χ3v) is 3.60. The maximum atomic E-state index is 5.71. The maximum absolute atomic E-state index is 5.71. The number of morpholine rings is 1. The lowest BCUT2D eigenvalue weighted by molar-refractivity contribution is 0.0463. The fourth-order valence-corrected chi connectivity index (χ4v) is 2.50. The summed E-state index contributed by atoms with van der Waals surface area (Å²) in [6.07, 6.45) is 0.0780. The molecule has 1 aliphatic rings. The van der Waals surface area contributed by atoms with Crippen molar-refractivity contribution in [2.24, 2.45) is 5.73 Å². The molecule has 0 unspecified atom stereocenters. The fourth-order valence-electron chi connectivity index (χ4n) is 2.50. The van der Waals surface area contributed by atoms with Gasteiger partial charge in [-0.15, -0.1) is 0 Å². The number of aryl methyl sites for hydroxylation is 1. The smallest absolute Gasteiger partial charge is 0.161 e. The summed E-state index contributed by atoms with van der Waals surface area (Å²) in [5.41, 5.74) is 7.71. The number of nitrogens with zero attached hydrogens (tertiary/aromatic N) is 3. The summed E-state index contributed by atoms with van der Waals surface area (Å²) in [6, 6.07) is 12.1. The summed E-state index contributed by atoms with van der Waals surface area (Å²) in [5, 5.41) is 0. The van der Waals surface area contributed by atoms with E-state index in [0.717, 1.165) is 36.0 Å². The second-order valence-corrected chi connectivity index (χ2v) is 5.23. The molecule has 0 amide bonds. The van der Waals surface area contributed by atoms with Crippen LogP contribution in [0.4, 0.5) is 5.82 Å². The molecule has 2 heterocycles. The number of ether oxygens (including phenoxy) is 1. The summed E-state index contributed by atoms with van der Waals surface area (Å²) in [5.74, 6) is 1.71. The molecule has 0 bridgehead atoms.